The summed E-state index contributed by atoms with van der Waals surface area (Å²) in [5, 5.41) is 12.4. The van der Waals surface area contributed by atoms with E-state index in [1.54, 1.807) is 98.8 Å². The van der Waals surface area contributed by atoms with Gasteiger partial charge in [0.1, 0.15) is 19.3 Å². The molecule has 0 aliphatic rings. The third-order valence-electron chi connectivity index (χ3n) is 7.26. The molecule has 0 aliphatic carbocycles. The molecule has 12 nitrogen and oxygen atoms in total. The molecule has 0 unspecified atom stereocenters. The zero-order valence-corrected chi connectivity index (χ0v) is 27.3. The third-order valence-corrected chi connectivity index (χ3v) is 7.26. The smallest absolute Gasteiger partial charge is 0.349 e. The molecule has 0 aromatic heterocycles. The molecular formula is C38H35NO11. The fraction of sp³-hybridized carbons (Fsp3) is 0.211. The Labute approximate surface area is 287 Å². The number of carboxylic acid groups (broad SMARTS) is 1. The summed E-state index contributed by atoms with van der Waals surface area (Å²) in [6.07, 6.45) is -5.42. The van der Waals surface area contributed by atoms with Gasteiger partial charge in [-0.05, 0) is 49.2 Å². The third kappa shape index (κ3) is 10.9. The van der Waals surface area contributed by atoms with Crippen LogP contribution >= 0.6 is 0 Å². The molecule has 0 bridgehead atoms. The first-order chi connectivity index (χ1) is 24.0. The molecule has 0 saturated heterocycles. The predicted octanol–water partition coefficient (Wildman–Crippen LogP) is 4.50. The predicted molar refractivity (Wildman–Crippen MR) is 177 cm³/mol. The van der Waals surface area contributed by atoms with E-state index in [4.69, 9.17) is 18.9 Å². The van der Waals surface area contributed by atoms with Crippen molar-refractivity contribution in [1.29, 1.82) is 0 Å². The largest absolute Gasteiger partial charge is 0.478 e. The number of carboxylic acids is 1. The maximum atomic E-state index is 13.8. The van der Waals surface area contributed by atoms with E-state index in [1.807, 2.05) is 0 Å². The van der Waals surface area contributed by atoms with Crippen molar-refractivity contribution in [3.63, 3.8) is 0 Å². The van der Waals surface area contributed by atoms with Crippen LogP contribution in [0, 0.1) is 13.8 Å². The summed E-state index contributed by atoms with van der Waals surface area (Å²) in [5.41, 5.74) is 2.82. The van der Waals surface area contributed by atoms with E-state index >= 15 is 0 Å². The highest BCUT2D eigenvalue weighted by Gasteiger charge is 2.42. The number of carbonyl (C=O) groups excluding carboxylic acids is 5. The zero-order valence-electron chi connectivity index (χ0n) is 27.3. The molecular weight excluding hydrogens is 646 g/mol. The van der Waals surface area contributed by atoms with Gasteiger partial charge < -0.3 is 29.4 Å². The molecule has 258 valence electrons. The summed E-state index contributed by atoms with van der Waals surface area (Å²) in [6.45, 7) is 3.20. The number of nitrogens with one attached hydrogen (secondary N) is 1. The maximum absolute atomic E-state index is 13.8. The summed E-state index contributed by atoms with van der Waals surface area (Å²) in [6, 6.07) is 27.5. The number of benzene rings is 4. The molecule has 50 heavy (non-hydrogen) atoms. The molecule has 4 aromatic carbocycles. The first kappa shape index (κ1) is 36.5. The molecule has 12 heteroatoms. The van der Waals surface area contributed by atoms with Crippen LogP contribution in [0.5, 0.6) is 0 Å². The van der Waals surface area contributed by atoms with Gasteiger partial charge in [0, 0.05) is 0 Å². The number of esters is 4. The number of hydrogen-bond acceptors (Lipinski definition) is 10. The lowest BCUT2D eigenvalue weighted by atomic mass is 10.1. The van der Waals surface area contributed by atoms with Gasteiger partial charge in [0.25, 0.3) is 5.91 Å². The highest BCUT2D eigenvalue weighted by atomic mass is 16.6. The van der Waals surface area contributed by atoms with Crippen LogP contribution in [0.1, 0.15) is 49.4 Å². The SMILES string of the molecule is Cc1ccc(C(=O)O[C@@H](C(=O)O)[C@@H](OC(=O)c2ccc(C)cc2)C(=O)N[C@H](CC(=O)OCc2ccccc2)C(=O)OCc2ccccc2)cc1. The average molecular weight is 682 g/mol. The number of amides is 1. The van der Waals surface area contributed by atoms with E-state index in [0.717, 1.165) is 11.1 Å². The van der Waals surface area contributed by atoms with Crippen LogP contribution in [0.25, 0.3) is 0 Å². The number of ether oxygens (including phenoxy) is 4. The van der Waals surface area contributed by atoms with Crippen molar-refractivity contribution in [2.45, 2.75) is 51.7 Å². The quantitative estimate of drug-likeness (QED) is 0.134. The molecule has 3 atom stereocenters. The molecule has 1 amide bonds. The van der Waals surface area contributed by atoms with Crippen LogP contribution in [-0.4, -0.2) is 59.1 Å². The fourth-order valence-electron chi connectivity index (χ4n) is 4.48. The molecule has 0 heterocycles. The highest BCUT2D eigenvalue weighted by molar-refractivity contribution is 5.98. The van der Waals surface area contributed by atoms with Gasteiger partial charge in [-0.2, -0.15) is 0 Å². The fourth-order valence-corrected chi connectivity index (χ4v) is 4.48. The monoisotopic (exact) mass is 681 g/mol. The van der Waals surface area contributed by atoms with E-state index < -0.39 is 60.4 Å². The summed E-state index contributed by atoms with van der Waals surface area (Å²) >= 11 is 0. The van der Waals surface area contributed by atoms with Gasteiger partial charge in [0.2, 0.25) is 12.2 Å². The summed E-state index contributed by atoms with van der Waals surface area (Å²) in [7, 11) is 0. The Morgan fingerprint density at radius 1 is 0.600 bits per heavy atom. The lowest BCUT2D eigenvalue weighted by Crippen LogP contribution is -2.54. The van der Waals surface area contributed by atoms with Gasteiger partial charge in [0.05, 0.1) is 17.5 Å². The van der Waals surface area contributed by atoms with Gasteiger partial charge >= 0.3 is 29.8 Å². The van der Waals surface area contributed by atoms with Crippen molar-refractivity contribution < 1.29 is 52.8 Å². The zero-order chi connectivity index (χ0) is 36.0. The van der Waals surface area contributed by atoms with Crippen LogP contribution < -0.4 is 5.32 Å². The molecule has 0 fully saturated rings. The molecule has 0 aliphatic heterocycles. The van der Waals surface area contributed by atoms with E-state index in [9.17, 15) is 33.9 Å². The van der Waals surface area contributed by atoms with Crippen LogP contribution in [0.15, 0.2) is 109 Å². The van der Waals surface area contributed by atoms with Crippen molar-refractivity contribution in [2.24, 2.45) is 0 Å². The average Bonchev–Trinajstić information content (AvgIpc) is 3.12. The standard InChI is InChI=1S/C38H35NO11/c1-24-13-17-28(18-14-24)36(44)49-32(33(35(42)43)50-37(45)29-19-15-25(2)16-20-29)34(41)39-30(38(46)48-23-27-11-7-4-8-12-27)21-31(40)47-22-26-9-5-3-6-10-26/h3-20,30,32-33H,21-23H2,1-2H3,(H,39,41)(H,42,43)/t30-,32-,33-/m1/s1. The second-order valence-corrected chi connectivity index (χ2v) is 11.2. The van der Waals surface area contributed by atoms with Gasteiger partial charge in [-0.3, -0.25) is 9.59 Å². The van der Waals surface area contributed by atoms with Crippen molar-refractivity contribution >= 4 is 35.8 Å². The second-order valence-electron chi connectivity index (χ2n) is 11.2. The van der Waals surface area contributed by atoms with E-state index in [-0.39, 0.29) is 24.3 Å². The van der Waals surface area contributed by atoms with Crippen LogP contribution in [0.3, 0.4) is 0 Å². The number of aryl methyl sites for hydroxylation is 2. The van der Waals surface area contributed by atoms with Gasteiger partial charge in [0.15, 0.2) is 0 Å². The van der Waals surface area contributed by atoms with Gasteiger partial charge in [-0.15, -0.1) is 0 Å². The lowest BCUT2D eigenvalue weighted by molar-refractivity contribution is -0.161. The number of aliphatic carboxylic acids is 1. The van der Waals surface area contributed by atoms with E-state index in [1.165, 1.54) is 24.3 Å². The normalized spacial score (nSPS) is 12.4. The molecule has 0 saturated carbocycles. The summed E-state index contributed by atoms with van der Waals surface area (Å²) < 4.78 is 21.2. The minimum atomic E-state index is -2.37. The summed E-state index contributed by atoms with van der Waals surface area (Å²) in [5.74, 6) is -7.38. The number of rotatable bonds is 15. The van der Waals surface area contributed by atoms with Crippen LogP contribution in [0.4, 0.5) is 0 Å². The van der Waals surface area contributed by atoms with Crippen molar-refractivity contribution in [3.05, 3.63) is 143 Å². The Morgan fingerprint density at radius 2 is 1.04 bits per heavy atom. The molecule has 2 N–H and O–H groups in total. The van der Waals surface area contributed by atoms with Crippen molar-refractivity contribution in [1.82, 2.24) is 5.32 Å². The Hall–Kier alpha value is -6.30. The topological polar surface area (TPSA) is 172 Å². The molecule has 0 spiro atoms. The highest BCUT2D eigenvalue weighted by Crippen LogP contribution is 2.16. The molecule has 4 aromatic rings. The minimum Gasteiger partial charge on any atom is -0.478 e. The van der Waals surface area contributed by atoms with E-state index in [2.05, 4.69) is 5.32 Å². The first-order valence-electron chi connectivity index (χ1n) is 15.5. The van der Waals surface area contributed by atoms with Gasteiger partial charge in [-0.1, -0.05) is 96.1 Å². The number of hydrogen-bond donors (Lipinski definition) is 2. The Kier molecular flexibility index (Phi) is 13.0. The Balaban J connectivity index is 1.60. The van der Waals surface area contributed by atoms with Crippen molar-refractivity contribution in [2.75, 3.05) is 0 Å². The van der Waals surface area contributed by atoms with Crippen LogP contribution in [0.2, 0.25) is 0 Å². The van der Waals surface area contributed by atoms with E-state index in [0.29, 0.717) is 11.1 Å². The maximum Gasteiger partial charge on any atom is 0.349 e. The molecule has 0 radical (unpaired) electrons. The number of carbonyl (C=O) groups is 6. The second kappa shape index (κ2) is 17.7. The summed E-state index contributed by atoms with van der Waals surface area (Å²) in [4.78, 5) is 78.6. The molecule has 4 rings (SSSR count). The lowest BCUT2D eigenvalue weighted by Gasteiger charge is -2.25. The van der Waals surface area contributed by atoms with Crippen LogP contribution in [-0.2, 0) is 51.3 Å². The van der Waals surface area contributed by atoms with Crippen molar-refractivity contribution in [3.8, 4) is 0 Å². The van der Waals surface area contributed by atoms with Gasteiger partial charge in [-0.25, -0.2) is 19.2 Å². The Morgan fingerprint density at radius 3 is 1.50 bits per heavy atom. The minimum absolute atomic E-state index is 0.0330. The first-order valence-corrected chi connectivity index (χ1v) is 15.5. The Bertz CT molecular complexity index is 1790.